The van der Waals surface area contributed by atoms with Gasteiger partial charge in [-0.1, -0.05) is 6.07 Å². The summed E-state index contributed by atoms with van der Waals surface area (Å²) in [4.78, 5) is 8.79. The van der Waals surface area contributed by atoms with Gasteiger partial charge in [-0.3, -0.25) is 0 Å². The molecule has 0 radical (unpaired) electrons. The summed E-state index contributed by atoms with van der Waals surface area (Å²) in [6.07, 6.45) is 2.32. The number of aromatic nitrogens is 3. The van der Waals surface area contributed by atoms with Crippen LogP contribution in [0.15, 0.2) is 28.8 Å². The molecular formula is C15H13ClN4O. The van der Waals surface area contributed by atoms with E-state index in [9.17, 15) is 5.26 Å². The second-order valence-electron chi connectivity index (χ2n) is 4.70. The number of nitriles is 1. The van der Waals surface area contributed by atoms with Crippen molar-refractivity contribution in [1.82, 2.24) is 14.5 Å². The van der Waals surface area contributed by atoms with Crippen LogP contribution in [0.3, 0.4) is 0 Å². The van der Waals surface area contributed by atoms with Crippen LogP contribution in [-0.2, 0) is 13.0 Å². The number of benzene rings is 1. The Kier molecular flexibility index (Phi) is 3.63. The van der Waals surface area contributed by atoms with Crippen LogP contribution >= 0.6 is 11.6 Å². The summed E-state index contributed by atoms with van der Waals surface area (Å²) >= 11 is 5.86. The topological polar surface area (TPSA) is 67.6 Å². The van der Waals surface area contributed by atoms with E-state index in [1.165, 1.54) is 0 Å². The van der Waals surface area contributed by atoms with E-state index >= 15 is 0 Å². The maximum Gasteiger partial charge on any atom is 0.214 e. The van der Waals surface area contributed by atoms with E-state index in [0.29, 0.717) is 35.8 Å². The third-order valence-corrected chi connectivity index (χ3v) is 3.45. The minimum atomic E-state index is 0.468. The van der Waals surface area contributed by atoms with Crippen LogP contribution in [-0.4, -0.2) is 20.4 Å². The van der Waals surface area contributed by atoms with Crippen LogP contribution in [0.2, 0.25) is 0 Å². The van der Waals surface area contributed by atoms with E-state index in [1.54, 1.807) is 12.3 Å². The Morgan fingerprint density at radius 3 is 2.95 bits per heavy atom. The lowest BCUT2D eigenvalue weighted by molar-refractivity contribution is 0.456. The average Bonchev–Trinajstić information content (AvgIpc) is 3.04. The molecule has 0 N–H and O–H groups in total. The Morgan fingerprint density at radius 2 is 2.29 bits per heavy atom. The van der Waals surface area contributed by atoms with Gasteiger partial charge in [0.1, 0.15) is 29.7 Å². The van der Waals surface area contributed by atoms with Crippen LogP contribution < -0.4 is 0 Å². The summed E-state index contributed by atoms with van der Waals surface area (Å²) in [5, 5.41) is 9.20. The van der Waals surface area contributed by atoms with Crippen molar-refractivity contribution < 1.29 is 4.42 Å². The third kappa shape index (κ3) is 2.50. The van der Waals surface area contributed by atoms with Crippen LogP contribution in [0.5, 0.6) is 0 Å². The van der Waals surface area contributed by atoms with Crippen molar-refractivity contribution in [2.75, 3.05) is 5.88 Å². The molecule has 0 unspecified atom stereocenters. The maximum atomic E-state index is 9.20. The molecule has 21 heavy (non-hydrogen) atoms. The lowest BCUT2D eigenvalue weighted by Crippen LogP contribution is -2.06. The van der Waals surface area contributed by atoms with Crippen LogP contribution in [0.1, 0.15) is 23.0 Å². The second kappa shape index (κ2) is 5.58. The van der Waals surface area contributed by atoms with Crippen molar-refractivity contribution in [3.05, 3.63) is 47.4 Å². The highest BCUT2D eigenvalue weighted by molar-refractivity contribution is 6.17. The number of para-hydroxylation sites is 1. The number of hydrogen-bond donors (Lipinski definition) is 0. The van der Waals surface area contributed by atoms with Crippen LogP contribution in [0.25, 0.3) is 11.0 Å². The van der Waals surface area contributed by atoms with Gasteiger partial charge in [-0.15, -0.1) is 11.6 Å². The smallest absolute Gasteiger partial charge is 0.214 e. The predicted octanol–water partition coefficient (Wildman–Crippen LogP) is 3.03. The van der Waals surface area contributed by atoms with Gasteiger partial charge >= 0.3 is 0 Å². The fourth-order valence-electron chi connectivity index (χ4n) is 2.35. The van der Waals surface area contributed by atoms with E-state index in [0.717, 1.165) is 17.1 Å². The lowest BCUT2D eigenvalue weighted by Gasteiger charge is -2.05. The van der Waals surface area contributed by atoms with Gasteiger partial charge in [0.05, 0.1) is 17.3 Å². The van der Waals surface area contributed by atoms with E-state index in [2.05, 4.69) is 16.0 Å². The van der Waals surface area contributed by atoms with Gasteiger partial charge in [-0.05, 0) is 19.1 Å². The number of alkyl halides is 1. The monoisotopic (exact) mass is 300 g/mol. The van der Waals surface area contributed by atoms with Crippen molar-refractivity contribution in [3.8, 4) is 6.07 Å². The Hall–Kier alpha value is -2.32. The molecule has 0 spiro atoms. The van der Waals surface area contributed by atoms with Crippen molar-refractivity contribution in [1.29, 1.82) is 5.26 Å². The Labute approximate surface area is 126 Å². The highest BCUT2D eigenvalue weighted by Gasteiger charge is 2.15. The molecule has 5 nitrogen and oxygen atoms in total. The molecule has 2 aromatic heterocycles. The first-order chi connectivity index (χ1) is 10.2. The van der Waals surface area contributed by atoms with Crippen molar-refractivity contribution in [2.24, 2.45) is 0 Å². The van der Waals surface area contributed by atoms with Gasteiger partial charge in [0.2, 0.25) is 5.89 Å². The van der Waals surface area contributed by atoms with E-state index in [4.69, 9.17) is 16.0 Å². The number of nitrogens with zero attached hydrogens (tertiary/aromatic N) is 4. The van der Waals surface area contributed by atoms with Crippen LogP contribution in [0.4, 0.5) is 0 Å². The Balaban J connectivity index is 2.14. The van der Waals surface area contributed by atoms with Crippen LogP contribution in [0, 0.1) is 18.3 Å². The summed E-state index contributed by atoms with van der Waals surface area (Å²) in [7, 11) is 0. The molecule has 1 aromatic carbocycles. The summed E-state index contributed by atoms with van der Waals surface area (Å²) in [6, 6.07) is 7.73. The maximum absolute atomic E-state index is 9.20. The number of halogens is 1. The number of rotatable bonds is 4. The third-order valence-electron chi connectivity index (χ3n) is 3.26. The normalized spacial score (nSPS) is 10.9. The van der Waals surface area contributed by atoms with Crippen molar-refractivity contribution in [2.45, 2.75) is 19.9 Å². The summed E-state index contributed by atoms with van der Waals surface area (Å²) < 4.78 is 7.54. The highest BCUT2D eigenvalue weighted by Crippen LogP contribution is 2.21. The zero-order chi connectivity index (χ0) is 14.8. The largest absolute Gasteiger partial charge is 0.444 e. The molecule has 0 aliphatic heterocycles. The zero-order valence-corrected chi connectivity index (χ0v) is 12.3. The molecule has 0 amide bonds. The zero-order valence-electron chi connectivity index (χ0n) is 11.5. The Bertz CT molecular complexity index is 828. The van der Waals surface area contributed by atoms with E-state index in [-0.39, 0.29) is 0 Å². The molecule has 0 aliphatic carbocycles. The fourth-order valence-corrected chi connectivity index (χ4v) is 2.52. The minimum absolute atomic E-state index is 0.468. The molecule has 2 heterocycles. The van der Waals surface area contributed by atoms with Gasteiger partial charge in [-0.2, -0.15) is 5.26 Å². The first kappa shape index (κ1) is 13.7. The Morgan fingerprint density at radius 1 is 1.43 bits per heavy atom. The van der Waals surface area contributed by atoms with E-state index in [1.807, 2.05) is 23.6 Å². The van der Waals surface area contributed by atoms with Gasteiger partial charge in [-0.25, -0.2) is 9.97 Å². The molecule has 0 atom stereocenters. The van der Waals surface area contributed by atoms with E-state index < -0.39 is 0 Å². The number of aryl methyl sites for hydroxylation is 2. The number of oxazole rings is 1. The molecule has 0 aliphatic rings. The average molecular weight is 301 g/mol. The first-order valence-electron chi connectivity index (χ1n) is 6.58. The van der Waals surface area contributed by atoms with Gasteiger partial charge in [0.25, 0.3) is 0 Å². The predicted molar refractivity (Wildman–Crippen MR) is 79.2 cm³/mol. The molecule has 3 aromatic rings. The lowest BCUT2D eigenvalue weighted by atomic mass is 10.2. The molecule has 0 bridgehead atoms. The second-order valence-corrected chi connectivity index (χ2v) is 5.08. The summed E-state index contributed by atoms with van der Waals surface area (Å²) in [6.45, 7) is 2.33. The summed E-state index contributed by atoms with van der Waals surface area (Å²) in [5.74, 6) is 2.69. The summed E-state index contributed by atoms with van der Waals surface area (Å²) in [5.41, 5.74) is 2.15. The first-order valence-corrected chi connectivity index (χ1v) is 7.12. The molecule has 0 fully saturated rings. The van der Waals surface area contributed by atoms with Gasteiger partial charge in [0.15, 0.2) is 0 Å². The molecule has 0 saturated carbocycles. The molecular weight excluding hydrogens is 288 g/mol. The molecule has 106 valence electrons. The molecule has 3 rings (SSSR count). The molecule has 6 heteroatoms. The number of imidazole rings is 1. The fraction of sp³-hybridized carbons (Fsp3) is 0.267. The minimum Gasteiger partial charge on any atom is -0.444 e. The quantitative estimate of drug-likeness (QED) is 0.695. The van der Waals surface area contributed by atoms with Crippen molar-refractivity contribution in [3.63, 3.8) is 0 Å². The number of hydrogen-bond acceptors (Lipinski definition) is 4. The standard InChI is InChI=1S/C15H13ClN4O/c1-10-8-18-14(21-10)9-20-12-4-2-3-11(7-17)15(12)19-13(20)5-6-16/h2-4,8H,5-6,9H2,1H3. The SMILES string of the molecule is Cc1cnc(Cn2c(CCCl)nc3c(C#N)cccc32)o1. The van der Waals surface area contributed by atoms with Gasteiger partial charge in [0, 0.05) is 12.3 Å². The van der Waals surface area contributed by atoms with Crippen molar-refractivity contribution >= 4 is 22.6 Å². The number of fused-ring (bicyclic) bond motifs is 1. The highest BCUT2D eigenvalue weighted by atomic mass is 35.5. The van der Waals surface area contributed by atoms with Gasteiger partial charge < -0.3 is 8.98 Å². The molecule has 0 saturated heterocycles.